The lowest BCUT2D eigenvalue weighted by Gasteiger charge is -2.10. The van der Waals surface area contributed by atoms with Crippen LogP contribution in [0.15, 0.2) is 41.8 Å². The van der Waals surface area contributed by atoms with E-state index in [0.717, 1.165) is 11.3 Å². The molecular weight excluding hydrogens is 248 g/mol. The summed E-state index contributed by atoms with van der Waals surface area (Å²) in [6.07, 6.45) is 1.46. The number of hydrogen-bond acceptors (Lipinski definition) is 2. The first kappa shape index (κ1) is 12.6. The number of hydrogen-bond donors (Lipinski definition) is 0. The molecule has 0 saturated carbocycles. The predicted octanol–water partition coefficient (Wildman–Crippen LogP) is 3.06. The van der Waals surface area contributed by atoms with E-state index in [9.17, 15) is 4.79 Å². The fourth-order valence-electron chi connectivity index (χ4n) is 1.72. The zero-order valence-electron chi connectivity index (χ0n) is 10.3. The van der Waals surface area contributed by atoms with Crippen LogP contribution in [0.3, 0.4) is 0 Å². The fraction of sp³-hybridized carbons (Fsp3) is 0.143. The van der Waals surface area contributed by atoms with E-state index < -0.39 is 0 Å². The minimum Gasteiger partial charge on any atom is -0.268 e. The number of aryl methyl sites for hydroxylation is 2. The number of nitrogens with zero attached hydrogens (tertiary/aromatic N) is 2. The number of rotatable bonds is 2. The molecule has 0 unspecified atom stereocenters. The van der Waals surface area contributed by atoms with Gasteiger partial charge >= 0.3 is 0 Å². The summed E-state index contributed by atoms with van der Waals surface area (Å²) >= 11 is 5.80. The maximum absolute atomic E-state index is 12.3. The highest BCUT2D eigenvalue weighted by Crippen LogP contribution is 2.14. The van der Waals surface area contributed by atoms with E-state index in [2.05, 4.69) is 11.6 Å². The molecule has 18 heavy (non-hydrogen) atoms. The second-order valence-electron chi connectivity index (χ2n) is 4.10. The van der Waals surface area contributed by atoms with Gasteiger partial charge in [-0.05, 0) is 26.0 Å². The zero-order valence-corrected chi connectivity index (χ0v) is 11.0. The molecule has 0 bridgehead atoms. The van der Waals surface area contributed by atoms with E-state index >= 15 is 0 Å². The Hall–Kier alpha value is -1.87. The van der Waals surface area contributed by atoms with Crippen LogP contribution in [0.25, 0.3) is 10.7 Å². The minimum absolute atomic E-state index is 0.202. The molecule has 0 fully saturated rings. The quantitative estimate of drug-likeness (QED) is 0.832. The van der Waals surface area contributed by atoms with Crippen molar-refractivity contribution in [2.45, 2.75) is 13.8 Å². The molecule has 3 nitrogen and oxygen atoms in total. The predicted molar refractivity (Wildman–Crippen MR) is 74.2 cm³/mol. The van der Waals surface area contributed by atoms with E-state index in [4.69, 9.17) is 11.6 Å². The van der Waals surface area contributed by atoms with Crippen molar-refractivity contribution in [1.82, 2.24) is 9.55 Å². The van der Waals surface area contributed by atoms with Crippen molar-refractivity contribution in [3.63, 3.8) is 0 Å². The van der Waals surface area contributed by atoms with Gasteiger partial charge in [0.25, 0.3) is 5.56 Å². The Morgan fingerprint density at radius 2 is 1.89 bits per heavy atom. The minimum atomic E-state index is -0.202. The monoisotopic (exact) mass is 260 g/mol. The molecule has 0 radical (unpaired) electrons. The first-order valence-corrected chi connectivity index (χ1v) is 5.89. The molecule has 1 heterocycles. The molecule has 0 amide bonds. The van der Waals surface area contributed by atoms with E-state index in [1.165, 1.54) is 10.8 Å². The fourth-order valence-corrected chi connectivity index (χ4v) is 1.85. The highest BCUT2D eigenvalue weighted by molar-refractivity contribution is 6.48. The van der Waals surface area contributed by atoms with Crippen LogP contribution in [-0.4, -0.2) is 9.55 Å². The van der Waals surface area contributed by atoms with Gasteiger partial charge in [0.15, 0.2) is 0 Å². The first-order valence-electron chi connectivity index (χ1n) is 5.51. The standard InChI is InChI=1S/C14H13ClN2O/c1-9-4-6-12(7-5-9)17-11(3)16-8-13(10(2)15)14(17)18/h4-8H,2H2,1,3H3. The van der Waals surface area contributed by atoms with Crippen LogP contribution >= 0.6 is 11.6 Å². The maximum Gasteiger partial charge on any atom is 0.266 e. The second-order valence-corrected chi connectivity index (χ2v) is 4.56. The van der Waals surface area contributed by atoms with E-state index in [0.29, 0.717) is 11.4 Å². The van der Waals surface area contributed by atoms with Gasteiger partial charge < -0.3 is 0 Å². The Morgan fingerprint density at radius 1 is 1.28 bits per heavy atom. The lowest BCUT2D eigenvalue weighted by Crippen LogP contribution is -2.24. The van der Waals surface area contributed by atoms with E-state index in [1.807, 2.05) is 31.2 Å². The second kappa shape index (κ2) is 4.78. The molecule has 1 aromatic carbocycles. The Balaban J connectivity index is 2.71. The molecule has 4 heteroatoms. The molecular formula is C14H13ClN2O. The van der Waals surface area contributed by atoms with Crippen LogP contribution in [0.5, 0.6) is 0 Å². The smallest absolute Gasteiger partial charge is 0.266 e. The third-order valence-electron chi connectivity index (χ3n) is 2.72. The SMILES string of the molecule is C=C(Cl)c1cnc(C)n(-c2ccc(C)cc2)c1=O. The van der Waals surface area contributed by atoms with Gasteiger partial charge in [-0.2, -0.15) is 0 Å². The summed E-state index contributed by atoms with van der Waals surface area (Å²) in [6.45, 7) is 7.35. The number of halogens is 1. The lowest BCUT2D eigenvalue weighted by molar-refractivity contribution is 0.865. The topological polar surface area (TPSA) is 34.9 Å². The molecule has 0 saturated heterocycles. The number of aromatic nitrogens is 2. The average Bonchev–Trinajstić information content (AvgIpc) is 2.31. The maximum atomic E-state index is 12.3. The van der Waals surface area contributed by atoms with Crippen LogP contribution in [0, 0.1) is 13.8 Å². The van der Waals surface area contributed by atoms with Crippen LogP contribution in [0.2, 0.25) is 0 Å². The Kier molecular flexibility index (Phi) is 3.34. The zero-order chi connectivity index (χ0) is 13.3. The first-order chi connectivity index (χ1) is 8.50. The van der Waals surface area contributed by atoms with Crippen LogP contribution in [0.1, 0.15) is 17.0 Å². The van der Waals surface area contributed by atoms with Gasteiger partial charge in [0, 0.05) is 11.2 Å². The van der Waals surface area contributed by atoms with E-state index in [-0.39, 0.29) is 10.6 Å². The summed E-state index contributed by atoms with van der Waals surface area (Å²) in [5, 5.41) is 0.202. The Bertz CT molecular complexity index is 656. The largest absolute Gasteiger partial charge is 0.268 e. The summed E-state index contributed by atoms with van der Waals surface area (Å²) in [5.74, 6) is 0.616. The van der Waals surface area contributed by atoms with Crippen molar-refractivity contribution in [3.8, 4) is 5.69 Å². The molecule has 2 aromatic rings. The lowest BCUT2D eigenvalue weighted by atomic mass is 10.2. The Labute approximate surface area is 110 Å². The third kappa shape index (κ3) is 2.22. The van der Waals surface area contributed by atoms with Gasteiger partial charge in [-0.25, -0.2) is 4.98 Å². The van der Waals surface area contributed by atoms with Crippen molar-refractivity contribution in [2.24, 2.45) is 0 Å². The average molecular weight is 261 g/mol. The summed E-state index contributed by atoms with van der Waals surface area (Å²) in [7, 11) is 0. The summed E-state index contributed by atoms with van der Waals surface area (Å²) in [5.41, 5.74) is 2.03. The molecule has 0 aliphatic heterocycles. The Morgan fingerprint density at radius 3 is 2.44 bits per heavy atom. The molecule has 0 atom stereocenters. The summed E-state index contributed by atoms with van der Waals surface area (Å²) in [4.78, 5) is 16.5. The molecule has 1 aromatic heterocycles. The third-order valence-corrected chi connectivity index (χ3v) is 2.93. The molecule has 0 aliphatic carbocycles. The van der Waals surface area contributed by atoms with Gasteiger partial charge in [0.1, 0.15) is 5.82 Å². The summed E-state index contributed by atoms with van der Waals surface area (Å²) in [6, 6.07) is 7.66. The van der Waals surface area contributed by atoms with Crippen LogP contribution < -0.4 is 5.56 Å². The van der Waals surface area contributed by atoms with Gasteiger partial charge in [-0.3, -0.25) is 9.36 Å². The van der Waals surface area contributed by atoms with Crippen molar-refractivity contribution in [2.75, 3.05) is 0 Å². The highest BCUT2D eigenvalue weighted by Gasteiger charge is 2.10. The van der Waals surface area contributed by atoms with Gasteiger partial charge in [-0.15, -0.1) is 0 Å². The van der Waals surface area contributed by atoms with Gasteiger partial charge in [0.2, 0.25) is 0 Å². The molecule has 2 rings (SSSR count). The molecule has 0 aliphatic rings. The highest BCUT2D eigenvalue weighted by atomic mass is 35.5. The van der Waals surface area contributed by atoms with Gasteiger partial charge in [-0.1, -0.05) is 35.9 Å². The van der Waals surface area contributed by atoms with Crippen LogP contribution in [0.4, 0.5) is 0 Å². The van der Waals surface area contributed by atoms with E-state index in [1.54, 1.807) is 6.92 Å². The van der Waals surface area contributed by atoms with Crippen LogP contribution in [-0.2, 0) is 0 Å². The van der Waals surface area contributed by atoms with Crippen molar-refractivity contribution >= 4 is 16.6 Å². The summed E-state index contributed by atoms with van der Waals surface area (Å²) < 4.78 is 1.53. The number of benzene rings is 1. The van der Waals surface area contributed by atoms with Crippen molar-refractivity contribution < 1.29 is 0 Å². The molecule has 92 valence electrons. The normalized spacial score (nSPS) is 10.4. The van der Waals surface area contributed by atoms with Crippen molar-refractivity contribution in [1.29, 1.82) is 0 Å². The van der Waals surface area contributed by atoms with Gasteiger partial charge in [0.05, 0.1) is 11.3 Å². The molecule has 0 spiro atoms. The van der Waals surface area contributed by atoms with Crippen molar-refractivity contribution in [3.05, 3.63) is 64.3 Å². The molecule has 0 N–H and O–H groups in total.